The Kier molecular flexibility index (Phi) is 5.59. The summed E-state index contributed by atoms with van der Waals surface area (Å²) in [6, 6.07) is 0. The van der Waals surface area contributed by atoms with Gasteiger partial charge in [-0.1, -0.05) is 22.6 Å². The summed E-state index contributed by atoms with van der Waals surface area (Å²) in [5.74, 6) is 1.03. The van der Waals surface area contributed by atoms with Crippen LogP contribution in [0.4, 0.5) is 0 Å². The molecule has 1 nitrogen and oxygen atoms in total. The third kappa shape index (κ3) is 4.43. The number of halogens is 1. The van der Waals surface area contributed by atoms with Crippen molar-refractivity contribution in [3.05, 3.63) is 11.8 Å². The van der Waals surface area contributed by atoms with Gasteiger partial charge >= 0.3 is 0 Å². The smallest absolute Gasteiger partial charge is 0.0896 e. The van der Waals surface area contributed by atoms with Gasteiger partial charge in [-0.25, -0.2) is 0 Å². The molecule has 0 saturated carbocycles. The average Bonchev–Trinajstić information content (AvgIpc) is 1.68. The standard InChI is InChI=1S/C6H11IO/c1-3-8-6(2)4-5-7/h4H,3,5H2,1-2H3/b6-4+. The molecule has 0 saturated heterocycles. The van der Waals surface area contributed by atoms with Crippen LogP contribution < -0.4 is 0 Å². The maximum Gasteiger partial charge on any atom is 0.0896 e. The van der Waals surface area contributed by atoms with Crippen molar-refractivity contribution in [1.29, 1.82) is 0 Å². The van der Waals surface area contributed by atoms with Gasteiger partial charge in [0, 0.05) is 4.43 Å². The molecule has 8 heavy (non-hydrogen) atoms. The van der Waals surface area contributed by atoms with Crippen molar-refractivity contribution < 1.29 is 4.74 Å². The molecule has 0 heterocycles. The lowest BCUT2D eigenvalue weighted by Crippen LogP contribution is -1.85. The second-order valence-electron chi connectivity index (χ2n) is 1.40. The topological polar surface area (TPSA) is 9.23 Å². The highest BCUT2D eigenvalue weighted by Gasteiger charge is 1.81. The highest BCUT2D eigenvalue weighted by atomic mass is 127. The third-order valence-electron chi connectivity index (χ3n) is 0.737. The number of rotatable bonds is 3. The SMILES string of the molecule is CCO/C(C)=C/CI. The van der Waals surface area contributed by atoms with E-state index in [1.54, 1.807) is 0 Å². The Morgan fingerprint density at radius 1 is 1.75 bits per heavy atom. The van der Waals surface area contributed by atoms with Crippen LogP contribution in [0.3, 0.4) is 0 Å². The van der Waals surface area contributed by atoms with Gasteiger partial charge in [0.2, 0.25) is 0 Å². The molecule has 0 aliphatic carbocycles. The highest BCUT2D eigenvalue weighted by Crippen LogP contribution is 1.95. The monoisotopic (exact) mass is 226 g/mol. The van der Waals surface area contributed by atoms with Crippen LogP contribution in [0.2, 0.25) is 0 Å². The van der Waals surface area contributed by atoms with Gasteiger partial charge in [0.1, 0.15) is 0 Å². The lowest BCUT2D eigenvalue weighted by Gasteiger charge is -1.99. The van der Waals surface area contributed by atoms with Gasteiger partial charge in [-0.2, -0.15) is 0 Å². The first-order valence-corrected chi connectivity index (χ1v) is 4.19. The van der Waals surface area contributed by atoms with E-state index in [-0.39, 0.29) is 0 Å². The molecule has 0 spiro atoms. The van der Waals surface area contributed by atoms with Crippen LogP contribution in [0.15, 0.2) is 11.8 Å². The Balaban J connectivity index is 3.29. The van der Waals surface area contributed by atoms with E-state index in [2.05, 4.69) is 28.7 Å². The maximum absolute atomic E-state index is 5.14. The van der Waals surface area contributed by atoms with Crippen LogP contribution in [0.25, 0.3) is 0 Å². The molecule has 0 aromatic rings. The Bertz CT molecular complexity index is 78.6. The number of hydrogen-bond acceptors (Lipinski definition) is 1. The minimum absolute atomic E-state index is 0.777. The van der Waals surface area contributed by atoms with Gasteiger partial charge in [0.05, 0.1) is 12.4 Å². The van der Waals surface area contributed by atoms with E-state index < -0.39 is 0 Å². The zero-order valence-corrected chi connectivity index (χ0v) is 7.44. The molecule has 0 aromatic heterocycles. The van der Waals surface area contributed by atoms with Gasteiger partial charge < -0.3 is 4.74 Å². The Hall–Kier alpha value is 0.270. The molecule has 48 valence electrons. The summed E-state index contributed by atoms with van der Waals surface area (Å²) in [6.07, 6.45) is 2.06. The summed E-state index contributed by atoms with van der Waals surface area (Å²) in [6.45, 7) is 4.74. The maximum atomic E-state index is 5.14. The van der Waals surface area contributed by atoms with Crippen molar-refractivity contribution in [1.82, 2.24) is 0 Å². The van der Waals surface area contributed by atoms with E-state index in [4.69, 9.17) is 4.74 Å². The molecule has 0 aliphatic rings. The molecule has 0 N–H and O–H groups in total. The van der Waals surface area contributed by atoms with E-state index >= 15 is 0 Å². The molecular formula is C6H11IO. The fourth-order valence-electron chi connectivity index (χ4n) is 0.395. The van der Waals surface area contributed by atoms with Gasteiger partial charge in [-0.05, 0) is 19.9 Å². The summed E-state index contributed by atoms with van der Waals surface area (Å²) < 4.78 is 6.17. The molecule has 0 atom stereocenters. The van der Waals surface area contributed by atoms with E-state index in [1.807, 2.05) is 13.8 Å². The van der Waals surface area contributed by atoms with Crippen LogP contribution in [0.1, 0.15) is 13.8 Å². The molecule has 0 fully saturated rings. The lowest BCUT2D eigenvalue weighted by atomic mass is 10.5. The quantitative estimate of drug-likeness (QED) is 0.407. The second kappa shape index (κ2) is 5.41. The number of ether oxygens (including phenoxy) is 1. The molecule has 0 amide bonds. The zero-order valence-electron chi connectivity index (χ0n) is 5.28. The van der Waals surface area contributed by atoms with Gasteiger partial charge in [0.15, 0.2) is 0 Å². The first-order chi connectivity index (χ1) is 3.81. The molecule has 2 heteroatoms. The summed E-state index contributed by atoms with van der Waals surface area (Å²) in [5, 5.41) is 0. The molecule has 0 aliphatic heterocycles. The normalized spacial score (nSPS) is 11.6. The van der Waals surface area contributed by atoms with Crippen molar-refractivity contribution in [3.63, 3.8) is 0 Å². The van der Waals surface area contributed by atoms with Crippen LogP contribution in [-0.4, -0.2) is 11.0 Å². The number of alkyl halides is 1. The fourth-order valence-corrected chi connectivity index (χ4v) is 1.02. The highest BCUT2D eigenvalue weighted by molar-refractivity contribution is 14.1. The molecular weight excluding hydrogens is 215 g/mol. The first kappa shape index (κ1) is 8.27. The van der Waals surface area contributed by atoms with Gasteiger partial charge in [0.25, 0.3) is 0 Å². The van der Waals surface area contributed by atoms with E-state index in [0.717, 1.165) is 16.8 Å². The van der Waals surface area contributed by atoms with Crippen molar-refractivity contribution in [2.45, 2.75) is 13.8 Å². The predicted octanol–water partition coefficient (Wildman–Crippen LogP) is 2.36. The lowest BCUT2D eigenvalue weighted by molar-refractivity contribution is 0.231. The van der Waals surface area contributed by atoms with Gasteiger partial charge in [-0.3, -0.25) is 0 Å². The Labute approximate surface area is 64.2 Å². The summed E-state index contributed by atoms with van der Waals surface area (Å²) >= 11 is 2.29. The molecule has 0 aromatic carbocycles. The number of hydrogen-bond donors (Lipinski definition) is 0. The minimum Gasteiger partial charge on any atom is -0.499 e. The summed E-state index contributed by atoms with van der Waals surface area (Å²) in [5.41, 5.74) is 0. The molecule has 0 rings (SSSR count). The van der Waals surface area contributed by atoms with Crippen LogP contribution in [0.5, 0.6) is 0 Å². The van der Waals surface area contributed by atoms with Crippen molar-refractivity contribution in [2.75, 3.05) is 11.0 Å². The second-order valence-corrected chi connectivity index (χ2v) is 2.28. The van der Waals surface area contributed by atoms with Crippen LogP contribution in [0, 0.1) is 0 Å². The molecule has 0 radical (unpaired) electrons. The molecule has 0 unspecified atom stereocenters. The largest absolute Gasteiger partial charge is 0.499 e. The van der Waals surface area contributed by atoms with Crippen molar-refractivity contribution in [2.24, 2.45) is 0 Å². The third-order valence-corrected chi connectivity index (χ3v) is 1.18. The van der Waals surface area contributed by atoms with Crippen LogP contribution >= 0.6 is 22.6 Å². The Morgan fingerprint density at radius 3 is 2.75 bits per heavy atom. The minimum atomic E-state index is 0.777. The summed E-state index contributed by atoms with van der Waals surface area (Å²) in [7, 11) is 0. The first-order valence-electron chi connectivity index (χ1n) is 2.66. The van der Waals surface area contributed by atoms with E-state index in [1.165, 1.54) is 0 Å². The van der Waals surface area contributed by atoms with E-state index in [9.17, 15) is 0 Å². The average molecular weight is 226 g/mol. The van der Waals surface area contributed by atoms with E-state index in [0.29, 0.717) is 0 Å². The van der Waals surface area contributed by atoms with Gasteiger partial charge in [-0.15, -0.1) is 0 Å². The predicted molar refractivity (Wildman–Crippen MR) is 44.3 cm³/mol. The Morgan fingerprint density at radius 2 is 2.38 bits per heavy atom. The van der Waals surface area contributed by atoms with Crippen molar-refractivity contribution in [3.8, 4) is 0 Å². The zero-order chi connectivity index (χ0) is 6.41. The van der Waals surface area contributed by atoms with Crippen molar-refractivity contribution >= 4 is 22.6 Å². The van der Waals surface area contributed by atoms with Crippen LogP contribution in [-0.2, 0) is 4.74 Å². The fraction of sp³-hybridized carbons (Fsp3) is 0.667. The molecule has 0 bridgehead atoms. The summed E-state index contributed by atoms with van der Waals surface area (Å²) in [4.78, 5) is 0. The number of allylic oxidation sites excluding steroid dienone is 2.